The van der Waals surface area contributed by atoms with Crippen molar-refractivity contribution in [2.24, 2.45) is 5.73 Å². The Morgan fingerprint density at radius 2 is 2.09 bits per heavy atom. The van der Waals surface area contributed by atoms with Crippen molar-refractivity contribution >= 4 is 5.91 Å². The van der Waals surface area contributed by atoms with E-state index >= 15 is 0 Å². The summed E-state index contributed by atoms with van der Waals surface area (Å²) >= 11 is 0. The molecule has 1 heterocycles. The van der Waals surface area contributed by atoms with Gasteiger partial charge in [-0.3, -0.25) is 9.48 Å². The van der Waals surface area contributed by atoms with Gasteiger partial charge in [-0.1, -0.05) is 38.1 Å². The van der Waals surface area contributed by atoms with Gasteiger partial charge < -0.3 is 11.1 Å². The summed E-state index contributed by atoms with van der Waals surface area (Å²) in [5, 5.41) is 7.43. The summed E-state index contributed by atoms with van der Waals surface area (Å²) in [4.78, 5) is 12.7. The summed E-state index contributed by atoms with van der Waals surface area (Å²) in [6.45, 7) is 4.22. The fourth-order valence-electron chi connectivity index (χ4n) is 3.43. The quantitative estimate of drug-likeness (QED) is 0.891. The number of amides is 1. The highest BCUT2D eigenvalue weighted by Gasteiger charge is 2.31. The number of rotatable bonds is 5. The Hall–Kier alpha value is -2.14. The highest BCUT2D eigenvalue weighted by Crippen LogP contribution is 2.29. The average molecular weight is 312 g/mol. The minimum absolute atomic E-state index is 0.0649. The highest BCUT2D eigenvalue weighted by atomic mass is 16.2. The third kappa shape index (κ3) is 2.88. The maximum absolute atomic E-state index is 12.7. The van der Waals surface area contributed by atoms with Gasteiger partial charge in [0.1, 0.15) is 5.69 Å². The molecule has 0 aliphatic heterocycles. The minimum Gasteiger partial charge on any atom is -0.346 e. The van der Waals surface area contributed by atoms with Gasteiger partial charge in [0.05, 0.1) is 18.1 Å². The van der Waals surface area contributed by atoms with E-state index in [1.54, 1.807) is 12.3 Å². The zero-order valence-electron chi connectivity index (χ0n) is 13.7. The van der Waals surface area contributed by atoms with Crippen molar-refractivity contribution in [3.8, 4) is 0 Å². The Kier molecular flexibility index (Phi) is 4.48. The summed E-state index contributed by atoms with van der Waals surface area (Å²) in [6.07, 6.45) is 4.37. The van der Waals surface area contributed by atoms with E-state index in [1.165, 1.54) is 5.56 Å². The van der Waals surface area contributed by atoms with Crippen LogP contribution in [0.15, 0.2) is 36.5 Å². The van der Waals surface area contributed by atoms with Gasteiger partial charge in [0.2, 0.25) is 0 Å². The molecular formula is C18H24N4O. The zero-order valence-corrected chi connectivity index (χ0v) is 13.7. The first-order chi connectivity index (χ1) is 11.2. The maximum atomic E-state index is 12.7. The Bertz CT molecular complexity index is 690. The van der Waals surface area contributed by atoms with Crippen LogP contribution in [0, 0.1) is 0 Å². The molecule has 2 aromatic rings. The summed E-state index contributed by atoms with van der Waals surface area (Å²) < 4.78 is 1.84. The van der Waals surface area contributed by atoms with Crippen molar-refractivity contribution in [3.63, 3.8) is 0 Å². The minimum atomic E-state index is -0.153. The van der Waals surface area contributed by atoms with Crippen LogP contribution in [0.2, 0.25) is 0 Å². The molecule has 122 valence electrons. The van der Waals surface area contributed by atoms with Crippen molar-refractivity contribution in [1.82, 2.24) is 15.1 Å². The van der Waals surface area contributed by atoms with Crippen LogP contribution in [0.25, 0.3) is 0 Å². The SMILES string of the molecule is CCC(CC)n1nccc1C(=O)N[C@@H]1Cc2ccccc2[C@H]1N. The molecule has 0 bridgehead atoms. The Balaban J connectivity index is 1.75. The first-order valence-corrected chi connectivity index (χ1v) is 8.33. The molecule has 1 amide bonds. The average Bonchev–Trinajstić information content (AvgIpc) is 3.15. The molecule has 0 saturated heterocycles. The van der Waals surface area contributed by atoms with Gasteiger partial charge in [-0.05, 0) is 36.5 Å². The Labute approximate surface area is 136 Å². The molecule has 0 radical (unpaired) electrons. The lowest BCUT2D eigenvalue weighted by molar-refractivity contribution is 0.0919. The van der Waals surface area contributed by atoms with Crippen LogP contribution in [0.3, 0.4) is 0 Å². The molecule has 1 aliphatic rings. The number of carbonyl (C=O) groups is 1. The van der Waals surface area contributed by atoms with Crippen LogP contribution < -0.4 is 11.1 Å². The van der Waals surface area contributed by atoms with Gasteiger partial charge in [0.25, 0.3) is 5.91 Å². The van der Waals surface area contributed by atoms with E-state index in [0.717, 1.165) is 24.8 Å². The summed E-state index contributed by atoms with van der Waals surface area (Å²) in [7, 11) is 0. The van der Waals surface area contributed by atoms with Gasteiger partial charge in [0, 0.05) is 6.20 Å². The van der Waals surface area contributed by atoms with Crippen LogP contribution in [0.1, 0.15) is 60.4 Å². The number of nitrogens with zero attached hydrogens (tertiary/aromatic N) is 2. The highest BCUT2D eigenvalue weighted by molar-refractivity contribution is 5.92. The lowest BCUT2D eigenvalue weighted by Crippen LogP contribution is -2.41. The molecule has 0 fully saturated rings. The zero-order chi connectivity index (χ0) is 16.4. The van der Waals surface area contributed by atoms with E-state index < -0.39 is 0 Å². The van der Waals surface area contributed by atoms with Gasteiger partial charge in [-0.25, -0.2) is 0 Å². The molecule has 3 N–H and O–H groups in total. The largest absolute Gasteiger partial charge is 0.346 e. The van der Waals surface area contributed by atoms with Crippen molar-refractivity contribution in [2.45, 2.75) is 51.2 Å². The third-order valence-corrected chi connectivity index (χ3v) is 4.80. The molecule has 1 aromatic heterocycles. The molecule has 1 aliphatic carbocycles. The smallest absolute Gasteiger partial charge is 0.269 e. The van der Waals surface area contributed by atoms with Gasteiger partial charge >= 0.3 is 0 Å². The second-order valence-corrected chi connectivity index (χ2v) is 6.14. The first-order valence-electron chi connectivity index (χ1n) is 8.33. The summed E-state index contributed by atoms with van der Waals surface area (Å²) in [6, 6.07) is 9.94. The number of carbonyl (C=O) groups excluding carboxylic acids is 1. The van der Waals surface area contributed by atoms with Gasteiger partial charge in [-0.2, -0.15) is 5.10 Å². The molecule has 0 saturated carbocycles. The molecule has 5 heteroatoms. The summed E-state index contributed by atoms with van der Waals surface area (Å²) in [5.41, 5.74) is 9.27. The number of aromatic nitrogens is 2. The Morgan fingerprint density at radius 1 is 1.35 bits per heavy atom. The molecule has 1 aromatic carbocycles. The van der Waals surface area contributed by atoms with E-state index in [1.807, 2.05) is 22.9 Å². The number of fused-ring (bicyclic) bond motifs is 1. The number of benzene rings is 1. The van der Waals surface area contributed by atoms with Crippen molar-refractivity contribution in [3.05, 3.63) is 53.3 Å². The number of hydrogen-bond donors (Lipinski definition) is 2. The summed E-state index contributed by atoms with van der Waals surface area (Å²) in [5.74, 6) is -0.0948. The van der Waals surface area contributed by atoms with Crippen LogP contribution in [-0.2, 0) is 6.42 Å². The molecule has 5 nitrogen and oxygen atoms in total. The predicted molar refractivity (Wildman–Crippen MR) is 90.2 cm³/mol. The maximum Gasteiger partial charge on any atom is 0.269 e. The normalized spacial score (nSPS) is 19.8. The molecule has 0 spiro atoms. The van der Waals surface area contributed by atoms with E-state index in [9.17, 15) is 4.79 Å². The molecule has 23 heavy (non-hydrogen) atoms. The first kappa shape index (κ1) is 15.7. The molecular weight excluding hydrogens is 288 g/mol. The van der Waals surface area contributed by atoms with Crippen LogP contribution >= 0.6 is 0 Å². The standard InChI is InChI=1S/C18H24N4O/c1-3-13(4-2)22-16(9-10-20-22)18(23)21-15-11-12-7-5-6-8-14(12)17(15)19/h5-10,13,15,17H,3-4,11,19H2,1-2H3,(H,21,23)/t15-,17-/m1/s1. The van der Waals surface area contributed by atoms with Crippen molar-refractivity contribution < 1.29 is 4.79 Å². The number of hydrogen-bond acceptors (Lipinski definition) is 3. The number of nitrogens with one attached hydrogen (secondary N) is 1. The number of nitrogens with two attached hydrogens (primary N) is 1. The van der Waals surface area contributed by atoms with Crippen molar-refractivity contribution in [2.75, 3.05) is 0 Å². The van der Waals surface area contributed by atoms with Crippen LogP contribution in [-0.4, -0.2) is 21.7 Å². The fourth-order valence-corrected chi connectivity index (χ4v) is 3.43. The van der Waals surface area contributed by atoms with Gasteiger partial charge in [-0.15, -0.1) is 0 Å². The molecule has 3 rings (SSSR count). The van der Waals surface area contributed by atoms with Crippen molar-refractivity contribution in [1.29, 1.82) is 0 Å². The van der Waals surface area contributed by atoms with E-state index in [2.05, 4.69) is 30.3 Å². The lowest BCUT2D eigenvalue weighted by Gasteiger charge is -2.20. The fraction of sp³-hybridized carbons (Fsp3) is 0.444. The Morgan fingerprint density at radius 3 is 2.78 bits per heavy atom. The van der Waals surface area contributed by atoms with E-state index in [4.69, 9.17) is 5.73 Å². The van der Waals surface area contributed by atoms with Crippen LogP contribution in [0.4, 0.5) is 0 Å². The topological polar surface area (TPSA) is 72.9 Å². The lowest BCUT2D eigenvalue weighted by atomic mass is 10.1. The van der Waals surface area contributed by atoms with Gasteiger partial charge in [0.15, 0.2) is 0 Å². The molecule has 2 atom stereocenters. The molecule has 0 unspecified atom stereocenters. The van der Waals surface area contributed by atoms with Crippen LogP contribution in [0.5, 0.6) is 0 Å². The third-order valence-electron chi connectivity index (χ3n) is 4.80. The van der Waals surface area contributed by atoms with E-state index in [0.29, 0.717) is 5.69 Å². The second-order valence-electron chi connectivity index (χ2n) is 6.14. The monoisotopic (exact) mass is 312 g/mol. The van der Waals surface area contributed by atoms with E-state index in [-0.39, 0.29) is 24.0 Å². The second kappa shape index (κ2) is 6.54. The predicted octanol–water partition coefficient (Wildman–Crippen LogP) is 2.60.